The molecule has 2 aromatic heterocycles. The van der Waals surface area contributed by atoms with Crippen molar-refractivity contribution in [2.24, 2.45) is 0 Å². The number of carboxylic acid groups (broad SMARTS) is 1. The highest BCUT2D eigenvalue weighted by Crippen LogP contribution is 2.44. The van der Waals surface area contributed by atoms with Gasteiger partial charge in [-0.15, -0.1) is 0 Å². The van der Waals surface area contributed by atoms with E-state index in [1.807, 2.05) is 0 Å². The van der Waals surface area contributed by atoms with Crippen LogP contribution in [0.25, 0.3) is 11.2 Å². The number of hydrogen-bond donors (Lipinski definition) is 5. The fourth-order valence-electron chi connectivity index (χ4n) is 5.27. The molecular weight excluding hydrogens is 472 g/mol. The van der Waals surface area contributed by atoms with Crippen molar-refractivity contribution in [2.75, 3.05) is 31.2 Å². The van der Waals surface area contributed by atoms with Crippen LogP contribution in [0.4, 0.5) is 11.8 Å². The summed E-state index contributed by atoms with van der Waals surface area (Å²) < 4.78 is 8.02. The third kappa shape index (κ3) is 5.04. The number of nitrogens with zero attached hydrogens (tertiary/aromatic N) is 5. The van der Waals surface area contributed by atoms with Crippen LogP contribution in [0.5, 0.6) is 0 Å². The van der Waals surface area contributed by atoms with Gasteiger partial charge in [-0.1, -0.05) is 0 Å². The highest BCUT2D eigenvalue weighted by Gasteiger charge is 2.50. The van der Waals surface area contributed by atoms with Crippen molar-refractivity contribution < 1.29 is 29.3 Å². The molecular formula is C22H32N8O6. The second-order valence-corrected chi connectivity index (χ2v) is 9.85. The van der Waals surface area contributed by atoms with Gasteiger partial charge in [-0.05, 0) is 26.2 Å². The highest BCUT2D eigenvalue weighted by molar-refractivity contribution is 5.87. The van der Waals surface area contributed by atoms with Gasteiger partial charge in [0.2, 0.25) is 17.8 Å². The third-order valence-electron chi connectivity index (χ3n) is 7.06. The second kappa shape index (κ2) is 9.50. The Morgan fingerprint density at radius 2 is 1.97 bits per heavy atom. The second-order valence-electron chi connectivity index (χ2n) is 9.85. The lowest BCUT2D eigenvalue weighted by molar-refractivity contribution is -0.197. The minimum Gasteiger partial charge on any atom is -0.481 e. The molecule has 0 bridgehead atoms. The molecule has 4 rings (SSSR count). The number of aliphatic hydroxyl groups is 1. The van der Waals surface area contributed by atoms with E-state index in [9.17, 15) is 19.5 Å². The van der Waals surface area contributed by atoms with E-state index in [4.69, 9.17) is 21.3 Å². The Hall–Kier alpha value is -3.52. The van der Waals surface area contributed by atoms with Crippen molar-refractivity contribution >= 4 is 40.7 Å². The smallest absolute Gasteiger partial charge is 0.303 e. The highest BCUT2D eigenvalue weighted by atomic mass is 16.5. The van der Waals surface area contributed by atoms with Crippen LogP contribution in [0.15, 0.2) is 6.33 Å². The Morgan fingerprint density at radius 1 is 1.28 bits per heavy atom. The number of nitrogen functional groups attached to an aromatic ring is 2. The number of amides is 2. The van der Waals surface area contributed by atoms with Gasteiger partial charge in [0.25, 0.3) is 0 Å². The number of ether oxygens (including phenoxy) is 1. The fraction of sp³-hybridized carbons (Fsp3) is 0.636. The molecule has 2 fully saturated rings. The Kier molecular flexibility index (Phi) is 6.75. The van der Waals surface area contributed by atoms with Crippen LogP contribution >= 0.6 is 0 Å². The number of likely N-dealkylation sites (tertiary alicyclic amines) is 1. The van der Waals surface area contributed by atoms with E-state index < -0.39 is 35.2 Å². The molecule has 14 nitrogen and oxygen atoms in total. The molecule has 2 saturated heterocycles. The van der Waals surface area contributed by atoms with Crippen molar-refractivity contribution in [1.82, 2.24) is 29.7 Å². The molecule has 14 heteroatoms. The number of hydrogen-bond acceptors (Lipinski definition) is 10. The van der Waals surface area contributed by atoms with Crippen LogP contribution < -0.4 is 16.8 Å². The first-order valence-electron chi connectivity index (χ1n) is 11.8. The first kappa shape index (κ1) is 25.6. The molecule has 0 aromatic carbocycles. The van der Waals surface area contributed by atoms with E-state index in [1.54, 1.807) is 16.4 Å². The summed E-state index contributed by atoms with van der Waals surface area (Å²) in [5.41, 5.74) is 10.7. The van der Waals surface area contributed by atoms with E-state index in [-0.39, 0.29) is 37.1 Å². The Balaban J connectivity index is 1.44. The zero-order valence-electron chi connectivity index (χ0n) is 20.3. The Labute approximate surface area is 207 Å². The molecule has 3 atom stereocenters. The molecule has 196 valence electrons. The average Bonchev–Trinajstić information content (AvgIpc) is 3.19. The van der Waals surface area contributed by atoms with Crippen molar-refractivity contribution in [1.29, 1.82) is 0 Å². The lowest BCUT2D eigenvalue weighted by Gasteiger charge is -2.51. The lowest BCUT2D eigenvalue weighted by Crippen LogP contribution is -2.59. The third-order valence-corrected chi connectivity index (χ3v) is 7.06. The van der Waals surface area contributed by atoms with E-state index in [0.29, 0.717) is 43.5 Å². The van der Waals surface area contributed by atoms with E-state index in [0.717, 1.165) is 0 Å². The zero-order valence-corrected chi connectivity index (χ0v) is 20.3. The fourth-order valence-corrected chi connectivity index (χ4v) is 5.27. The summed E-state index contributed by atoms with van der Waals surface area (Å²) in [6.07, 6.45) is 2.61. The molecule has 0 radical (unpaired) electrons. The summed E-state index contributed by atoms with van der Waals surface area (Å²) >= 11 is 0. The number of nitrogens with two attached hydrogens (primary N) is 2. The van der Waals surface area contributed by atoms with Crippen LogP contribution in [-0.2, 0) is 19.1 Å². The maximum absolute atomic E-state index is 13.0. The van der Waals surface area contributed by atoms with Crippen molar-refractivity contribution in [3.8, 4) is 0 Å². The molecule has 4 heterocycles. The summed E-state index contributed by atoms with van der Waals surface area (Å²) in [7, 11) is 0. The number of fused-ring (bicyclic) bond motifs is 1. The number of rotatable bonds is 6. The number of nitrogens with one attached hydrogen (secondary N) is 1. The first-order valence-corrected chi connectivity index (χ1v) is 11.8. The maximum atomic E-state index is 13.0. The minimum absolute atomic E-state index is 0.00699. The number of piperidine rings is 1. The molecule has 0 aliphatic carbocycles. The van der Waals surface area contributed by atoms with Gasteiger partial charge in [0.1, 0.15) is 11.6 Å². The van der Waals surface area contributed by atoms with E-state index >= 15 is 0 Å². The van der Waals surface area contributed by atoms with Gasteiger partial charge in [-0.25, -0.2) is 4.98 Å². The standard InChI is InChI=1S/C22H32N8O6/c1-12(31)26-13(3-4-15(32)33)19(34)29-7-5-22(6-8-29)10-21(2,35)14(9-36-22)30-11-25-16-17(23)27-20(24)28-18(16)30/h11,13-14,35H,3-10H2,1-2H3,(H,26,31)(H,32,33)(H4,23,24,27,28)/t13-,14+,21+/m0/s1. The van der Waals surface area contributed by atoms with Gasteiger partial charge in [-0.2, -0.15) is 9.97 Å². The summed E-state index contributed by atoms with van der Waals surface area (Å²) in [5.74, 6) is -1.59. The summed E-state index contributed by atoms with van der Waals surface area (Å²) in [6.45, 7) is 3.92. The van der Waals surface area contributed by atoms with Crippen LogP contribution in [0.3, 0.4) is 0 Å². The van der Waals surface area contributed by atoms with Gasteiger partial charge in [0, 0.05) is 32.9 Å². The Bertz CT molecular complexity index is 1170. The quantitative estimate of drug-likeness (QED) is 0.336. The van der Waals surface area contributed by atoms with Gasteiger partial charge < -0.3 is 41.2 Å². The summed E-state index contributed by atoms with van der Waals surface area (Å²) in [4.78, 5) is 49.6. The van der Waals surface area contributed by atoms with E-state index in [1.165, 1.54) is 13.3 Å². The van der Waals surface area contributed by atoms with Crippen LogP contribution in [0.2, 0.25) is 0 Å². The molecule has 0 unspecified atom stereocenters. The van der Waals surface area contributed by atoms with Crippen molar-refractivity contribution in [3.63, 3.8) is 0 Å². The molecule has 1 spiro atoms. The largest absolute Gasteiger partial charge is 0.481 e. The average molecular weight is 505 g/mol. The minimum atomic E-state index is -1.19. The first-order chi connectivity index (χ1) is 16.9. The number of carbonyl (C=O) groups is 3. The number of aliphatic carboxylic acids is 1. The van der Waals surface area contributed by atoms with Gasteiger partial charge in [0.15, 0.2) is 11.5 Å². The Morgan fingerprint density at radius 3 is 2.58 bits per heavy atom. The van der Waals surface area contributed by atoms with Gasteiger partial charge >= 0.3 is 5.97 Å². The molecule has 7 N–H and O–H groups in total. The number of carbonyl (C=O) groups excluding carboxylic acids is 2. The van der Waals surface area contributed by atoms with Gasteiger partial charge in [0.05, 0.1) is 30.2 Å². The summed E-state index contributed by atoms with van der Waals surface area (Å²) in [5, 5.41) is 23.0. The van der Waals surface area contributed by atoms with Crippen LogP contribution in [0.1, 0.15) is 52.0 Å². The number of anilines is 2. The summed E-state index contributed by atoms with van der Waals surface area (Å²) in [6, 6.07) is -1.40. The molecule has 2 aliphatic rings. The topological polar surface area (TPSA) is 212 Å². The van der Waals surface area contributed by atoms with Crippen molar-refractivity contribution in [2.45, 2.75) is 69.2 Å². The molecule has 2 amide bonds. The number of aromatic nitrogens is 4. The molecule has 2 aromatic rings. The monoisotopic (exact) mass is 504 g/mol. The normalized spacial score (nSPS) is 24.5. The maximum Gasteiger partial charge on any atom is 0.303 e. The lowest BCUT2D eigenvalue weighted by atomic mass is 9.75. The van der Waals surface area contributed by atoms with Gasteiger partial charge in [-0.3, -0.25) is 14.4 Å². The molecule has 36 heavy (non-hydrogen) atoms. The van der Waals surface area contributed by atoms with Crippen LogP contribution in [-0.4, -0.2) is 89.4 Å². The predicted octanol–water partition coefficient (Wildman–Crippen LogP) is -0.566. The number of carboxylic acids is 1. The van der Waals surface area contributed by atoms with Crippen molar-refractivity contribution in [3.05, 3.63) is 6.33 Å². The zero-order chi connectivity index (χ0) is 26.3. The number of imidazole rings is 1. The van der Waals surface area contributed by atoms with Crippen LogP contribution in [0, 0.1) is 0 Å². The van der Waals surface area contributed by atoms with E-state index in [2.05, 4.69) is 20.3 Å². The molecule has 2 aliphatic heterocycles. The predicted molar refractivity (Wildman–Crippen MR) is 127 cm³/mol. The SMILES string of the molecule is CC(=O)N[C@@H](CCC(=O)O)C(=O)N1CCC2(CC1)C[C@@](C)(O)[C@H](n1cnc3c(N)nc(N)nc31)CO2. The molecule has 0 saturated carbocycles.